The number of fused-ring (bicyclic) bond motifs is 1. The van der Waals surface area contributed by atoms with Crippen LogP contribution < -0.4 is 5.73 Å². The molecule has 0 saturated carbocycles. The molecule has 0 bridgehead atoms. The molecule has 0 fully saturated rings. The van der Waals surface area contributed by atoms with E-state index in [2.05, 4.69) is 4.98 Å². The molecule has 15 heavy (non-hydrogen) atoms. The van der Waals surface area contributed by atoms with Crippen LogP contribution >= 0.6 is 0 Å². The minimum Gasteiger partial charge on any atom is -0.480 e. The van der Waals surface area contributed by atoms with E-state index in [4.69, 9.17) is 15.3 Å². The number of nitrogens with zero attached hydrogens (tertiary/aromatic N) is 1. The van der Waals surface area contributed by atoms with E-state index in [9.17, 15) is 4.79 Å². The number of pyridine rings is 1. The average Bonchev–Trinajstić information content (AvgIpc) is 2.64. The quantitative estimate of drug-likeness (QED) is 0.774. The lowest BCUT2D eigenvalue weighted by atomic mass is 10.1. The third-order valence-electron chi connectivity index (χ3n) is 2.14. The largest absolute Gasteiger partial charge is 0.480 e. The molecule has 0 aromatic carbocycles. The standard InChI is InChI=1S/C10H10N2O3/c11-8(10(13)14)4-7-3-6-1-2-15-9(6)5-12-7/h1-3,5,8H,4,11H2,(H,13,14). The van der Waals surface area contributed by atoms with E-state index in [1.54, 1.807) is 24.6 Å². The summed E-state index contributed by atoms with van der Waals surface area (Å²) in [5.41, 5.74) is 6.74. The lowest BCUT2D eigenvalue weighted by molar-refractivity contribution is -0.138. The van der Waals surface area contributed by atoms with Gasteiger partial charge in [0.05, 0.1) is 12.5 Å². The van der Waals surface area contributed by atoms with Crippen molar-refractivity contribution in [3.05, 3.63) is 30.3 Å². The fourth-order valence-electron chi connectivity index (χ4n) is 1.34. The van der Waals surface area contributed by atoms with Crippen molar-refractivity contribution in [3.8, 4) is 0 Å². The van der Waals surface area contributed by atoms with Crippen molar-refractivity contribution in [2.24, 2.45) is 5.73 Å². The van der Waals surface area contributed by atoms with Crippen molar-refractivity contribution in [1.82, 2.24) is 4.98 Å². The van der Waals surface area contributed by atoms with E-state index in [1.807, 2.05) is 0 Å². The molecule has 5 nitrogen and oxygen atoms in total. The van der Waals surface area contributed by atoms with Gasteiger partial charge in [0.2, 0.25) is 0 Å². The van der Waals surface area contributed by atoms with E-state index in [0.29, 0.717) is 11.3 Å². The van der Waals surface area contributed by atoms with Gasteiger partial charge in [0, 0.05) is 17.5 Å². The summed E-state index contributed by atoms with van der Waals surface area (Å²) in [5, 5.41) is 9.55. The number of hydrogen-bond acceptors (Lipinski definition) is 4. The predicted octanol–water partition coefficient (Wildman–Crippen LogP) is 0.782. The number of nitrogens with two attached hydrogens (primary N) is 1. The topological polar surface area (TPSA) is 89.4 Å². The second kappa shape index (κ2) is 3.70. The molecule has 0 radical (unpaired) electrons. The minimum absolute atomic E-state index is 0.219. The summed E-state index contributed by atoms with van der Waals surface area (Å²) in [5.74, 6) is -1.02. The highest BCUT2D eigenvalue weighted by atomic mass is 16.4. The Labute approximate surface area is 85.5 Å². The molecule has 0 amide bonds. The maximum absolute atomic E-state index is 10.5. The molecule has 78 valence electrons. The molecule has 5 heteroatoms. The van der Waals surface area contributed by atoms with Crippen molar-refractivity contribution in [1.29, 1.82) is 0 Å². The van der Waals surface area contributed by atoms with Gasteiger partial charge in [-0.05, 0) is 12.1 Å². The Morgan fingerprint density at radius 3 is 3.20 bits per heavy atom. The Hall–Kier alpha value is -1.88. The monoisotopic (exact) mass is 206 g/mol. The fraction of sp³-hybridized carbons (Fsp3) is 0.200. The van der Waals surface area contributed by atoms with Crippen LogP contribution in [0.1, 0.15) is 5.69 Å². The molecular formula is C10H10N2O3. The van der Waals surface area contributed by atoms with Gasteiger partial charge in [-0.15, -0.1) is 0 Å². The lowest BCUT2D eigenvalue weighted by Gasteiger charge is -2.04. The summed E-state index contributed by atoms with van der Waals surface area (Å²) in [7, 11) is 0. The van der Waals surface area contributed by atoms with Gasteiger partial charge < -0.3 is 15.3 Å². The second-order valence-corrected chi connectivity index (χ2v) is 3.28. The van der Waals surface area contributed by atoms with Crippen LogP contribution in [0, 0.1) is 0 Å². The highest BCUT2D eigenvalue weighted by Gasteiger charge is 2.13. The summed E-state index contributed by atoms with van der Waals surface area (Å²) in [4.78, 5) is 14.6. The molecule has 0 aliphatic heterocycles. The Bertz CT molecular complexity index is 492. The number of hydrogen-bond donors (Lipinski definition) is 2. The molecule has 2 heterocycles. The van der Waals surface area contributed by atoms with Crippen molar-refractivity contribution in [3.63, 3.8) is 0 Å². The molecule has 2 aromatic heterocycles. The summed E-state index contributed by atoms with van der Waals surface area (Å²) in [6.45, 7) is 0. The summed E-state index contributed by atoms with van der Waals surface area (Å²) in [6.07, 6.45) is 3.35. The van der Waals surface area contributed by atoms with Gasteiger partial charge in [-0.3, -0.25) is 9.78 Å². The van der Waals surface area contributed by atoms with E-state index >= 15 is 0 Å². The van der Waals surface area contributed by atoms with E-state index in [1.165, 1.54) is 0 Å². The maximum Gasteiger partial charge on any atom is 0.320 e. The number of carbonyl (C=O) groups is 1. The Kier molecular flexibility index (Phi) is 2.39. The zero-order valence-corrected chi connectivity index (χ0v) is 7.88. The van der Waals surface area contributed by atoms with E-state index < -0.39 is 12.0 Å². The average molecular weight is 206 g/mol. The van der Waals surface area contributed by atoms with Crippen molar-refractivity contribution >= 4 is 16.9 Å². The maximum atomic E-state index is 10.5. The zero-order valence-electron chi connectivity index (χ0n) is 7.88. The van der Waals surface area contributed by atoms with Crippen LogP contribution in [-0.2, 0) is 11.2 Å². The molecular weight excluding hydrogens is 196 g/mol. The van der Waals surface area contributed by atoms with Gasteiger partial charge >= 0.3 is 5.97 Å². The summed E-state index contributed by atoms with van der Waals surface area (Å²) in [6, 6.07) is 2.66. The fourth-order valence-corrected chi connectivity index (χ4v) is 1.34. The van der Waals surface area contributed by atoms with E-state index in [-0.39, 0.29) is 6.42 Å². The molecule has 0 spiro atoms. The first-order valence-corrected chi connectivity index (χ1v) is 4.47. The number of carboxylic acids is 1. The van der Waals surface area contributed by atoms with Gasteiger partial charge in [0.15, 0.2) is 5.58 Å². The SMILES string of the molecule is NC(Cc1cc2ccoc2cn1)C(=O)O. The number of furan rings is 1. The molecule has 2 rings (SSSR count). The highest BCUT2D eigenvalue weighted by Crippen LogP contribution is 2.15. The van der Waals surface area contributed by atoms with Gasteiger partial charge in [0.25, 0.3) is 0 Å². The van der Waals surface area contributed by atoms with Crippen LogP contribution in [0.2, 0.25) is 0 Å². The first-order valence-electron chi connectivity index (χ1n) is 4.47. The third-order valence-corrected chi connectivity index (χ3v) is 2.14. The lowest BCUT2D eigenvalue weighted by Crippen LogP contribution is -2.32. The van der Waals surface area contributed by atoms with Gasteiger partial charge in [-0.1, -0.05) is 0 Å². The zero-order chi connectivity index (χ0) is 10.8. The second-order valence-electron chi connectivity index (χ2n) is 3.28. The Morgan fingerprint density at radius 2 is 2.47 bits per heavy atom. The van der Waals surface area contributed by atoms with Crippen LogP contribution in [-0.4, -0.2) is 22.1 Å². The number of carboxylic acid groups (broad SMARTS) is 1. The van der Waals surface area contributed by atoms with E-state index in [0.717, 1.165) is 5.39 Å². The van der Waals surface area contributed by atoms with Crippen molar-refractivity contribution < 1.29 is 14.3 Å². The highest BCUT2D eigenvalue weighted by molar-refractivity contribution is 5.77. The van der Waals surface area contributed by atoms with Crippen LogP contribution in [0.3, 0.4) is 0 Å². The molecule has 1 atom stereocenters. The van der Waals surface area contributed by atoms with Crippen molar-refractivity contribution in [2.75, 3.05) is 0 Å². The van der Waals surface area contributed by atoms with Gasteiger partial charge in [-0.2, -0.15) is 0 Å². The number of aromatic nitrogens is 1. The Balaban J connectivity index is 2.24. The number of aliphatic carboxylic acids is 1. The molecule has 1 unspecified atom stereocenters. The van der Waals surface area contributed by atoms with Gasteiger partial charge in [-0.25, -0.2) is 0 Å². The molecule has 0 aliphatic rings. The van der Waals surface area contributed by atoms with Gasteiger partial charge in [0.1, 0.15) is 6.04 Å². The number of rotatable bonds is 3. The minimum atomic E-state index is -1.02. The first-order chi connectivity index (χ1) is 7.16. The van der Waals surface area contributed by atoms with Crippen LogP contribution in [0.15, 0.2) is 29.0 Å². The molecule has 0 saturated heterocycles. The van der Waals surface area contributed by atoms with Crippen LogP contribution in [0.5, 0.6) is 0 Å². The molecule has 0 aliphatic carbocycles. The normalized spacial score (nSPS) is 12.9. The predicted molar refractivity (Wildman–Crippen MR) is 53.3 cm³/mol. The smallest absolute Gasteiger partial charge is 0.320 e. The van der Waals surface area contributed by atoms with Crippen LogP contribution in [0.25, 0.3) is 11.0 Å². The van der Waals surface area contributed by atoms with Crippen LogP contribution in [0.4, 0.5) is 0 Å². The first kappa shape index (κ1) is 9.67. The summed E-state index contributed by atoms with van der Waals surface area (Å²) < 4.78 is 5.12. The van der Waals surface area contributed by atoms with Crippen molar-refractivity contribution in [2.45, 2.75) is 12.5 Å². The molecule has 2 aromatic rings. The Morgan fingerprint density at radius 1 is 1.67 bits per heavy atom. The summed E-state index contributed by atoms with van der Waals surface area (Å²) >= 11 is 0. The molecule has 3 N–H and O–H groups in total. The third kappa shape index (κ3) is 1.97.